The van der Waals surface area contributed by atoms with Crippen molar-refractivity contribution in [3.05, 3.63) is 30.0 Å². The van der Waals surface area contributed by atoms with Crippen molar-refractivity contribution in [1.82, 2.24) is 0 Å². The van der Waals surface area contributed by atoms with E-state index in [1.54, 1.807) is 25.5 Å². The Labute approximate surface area is 75.5 Å². The van der Waals surface area contributed by atoms with Gasteiger partial charge in [0, 0.05) is 18.1 Å². The van der Waals surface area contributed by atoms with Crippen molar-refractivity contribution < 1.29 is 14.3 Å². The summed E-state index contributed by atoms with van der Waals surface area (Å²) in [7, 11) is 1.63. The van der Waals surface area contributed by atoms with Gasteiger partial charge in [0.15, 0.2) is 11.3 Å². The number of rotatable bonds is 2. The van der Waals surface area contributed by atoms with Gasteiger partial charge in [0.1, 0.15) is 0 Å². The first-order chi connectivity index (χ1) is 6.33. The Morgan fingerprint density at radius 3 is 3.08 bits per heavy atom. The lowest BCUT2D eigenvalue weighted by Gasteiger charge is -1.95. The van der Waals surface area contributed by atoms with E-state index in [-0.39, 0.29) is 5.75 Å². The molecule has 0 fully saturated rings. The molecule has 1 aromatic carbocycles. The standard InChI is InChI=1S/C10H10O3/c1-12-5-7-6-13-10-8(7)3-2-4-9(10)11/h2-4,6,11H,5H2,1H3. The molecular weight excluding hydrogens is 168 g/mol. The van der Waals surface area contributed by atoms with Gasteiger partial charge in [-0.25, -0.2) is 0 Å². The molecule has 2 aromatic rings. The molecule has 0 atom stereocenters. The molecule has 1 aromatic heterocycles. The number of furan rings is 1. The summed E-state index contributed by atoms with van der Waals surface area (Å²) < 4.78 is 10.2. The van der Waals surface area contributed by atoms with E-state index in [2.05, 4.69) is 0 Å². The van der Waals surface area contributed by atoms with Gasteiger partial charge in [0.05, 0.1) is 12.9 Å². The van der Waals surface area contributed by atoms with Crippen LogP contribution in [0.1, 0.15) is 5.56 Å². The van der Waals surface area contributed by atoms with Crippen LogP contribution >= 0.6 is 0 Å². The smallest absolute Gasteiger partial charge is 0.175 e. The van der Waals surface area contributed by atoms with Gasteiger partial charge in [-0.2, -0.15) is 0 Å². The summed E-state index contributed by atoms with van der Waals surface area (Å²) in [5.41, 5.74) is 1.47. The Morgan fingerprint density at radius 2 is 2.31 bits per heavy atom. The molecule has 2 rings (SSSR count). The summed E-state index contributed by atoms with van der Waals surface area (Å²) in [4.78, 5) is 0. The zero-order chi connectivity index (χ0) is 9.26. The van der Waals surface area contributed by atoms with Gasteiger partial charge in [-0.15, -0.1) is 0 Å². The predicted molar refractivity (Wildman–Crippen MR) is 48.6 cm³/mol. The normalized spacial score (nSPS) is 10.8. The number of para-hydroxylation sites is 1. The first kappa shape index (κ1) is 8.13. The van der Waals surface area contributed by atoms with Gasteiger partial charge in [-0.1, -0.05) is 12.1 Å². The van der Waals surface area contributed by atoms with Crippen LogP contribution in [0.15, 0.2) is 28.9 Å². The van der Waals surface area contributed by atoms with E-state index in [1.807, 2.05) is 6.07 Å². The largest absolute Gasteiger partial charge is 0.504 e. The van der Waals surface area contributed by atoms with Crippen LogP contribution in [-0.4, -0.2) is 12.2 Å². The van der Waals surface area contributed by atoms with Gasteiger partial charge in [0.25, 0.3) is 0 Å². The summed E-state index contributed by atoms with van der Waals surface area (Å²) in [5.74, 6) is 0.167. The van der Waals surface area contributed by atoms with Crippen LogP contribution < -0.4 is 0 Å². The van der Waals surface area contributed by atoms with Gasteiger partial charge in [-0.3, -0.25) is 0 Å². The third-order valence-electron chi connectivity index (χ3n) is 1.96. The topological polar surface area (TPSA) is 42.6 Å². The number of fused-ring (bicyclic) bond motifs is 1. The molecular formula is C10H10O3. The molecule has 0 radical (unpaired) electrons. The number of methoxy groups -OCH3 is 1. The zero-order valence-electron chi connectivity index (χ0n) is 7.28. The molecule has 0 aliphatic heterocycles. The quantitative estimate of drug-likeness (QED) is 0.767. The maximum absolute atomic E-state index is 9.42. The number of phenolic OH excluding ortho intramolecular Hbond substituents is 1. The average Bonchev–Trinajstić information content (AvgIpc) is 2.51. The van der Waals surface area contributed by atoms with Gasteiger partial charge in [-0.05, 0) is 6.07 Å². The molecule has 0 bridgehead atoms. The molecule has 0 saturated carbocycles. The fraction of sp³-hybridized carbons (Fsp3) is 0.200. The second-order valence-corrected chi connectivity index (χ2v) is 2.85. The highest BCUT2D eigenvalue weighted by Gasteiger charge is 2.07. The molecule has 0 saturated heterocycles. The van der Waals surface area contributed by atoms with Gasteiger partial charge >= 0.3 is 0 Å². The number of hydrogen-bond acceptors (Lipinski definition) is 3. The van der Waals surface area contributed by atoms with E-state index >= 15 is 0 Å². The maximum Gasteiger partial charge on any atom is 0.175 e. The zero-order valence-corrected chi connectivity index (χ0v) is 7.28. The highest BCUT2D eigenvalue weighted by Crippen LogP contribution is 2.28. The lowest BCUT2D eigenvalue weighted by Crippen LogP contribution is -1.83. The molecule has 0 amide bonds. The second-order valence-electron chi connectivity index (χ2n) is 2.85. The Balaban J connectivity index is 2.61. The average molecular weight is 178 g/mol. The second kappa shape index (κ2) is 3.11. The van der Waals surface area contributed by atoms with Crippen molar-refractivity contribution in [1.29, 1.82) is 0 Å². The molecule has 0 spiro atoms. The van der Waals surface area contributed by atoms with Crippen LogP contribution in [0, 0.1) is 0 Å². The van der Waals surface area contributed by atoms with Crippen LogP contribution in [0.5, 0.6) is 5.75 Å². The fourth-order valence-corrected chi connectivity index (χ4v) is 1.36. The summed E-state index contributed by atoms with van der Waals surface area (Å²) in [6.07, 6.45) is 1.61. The Bertz CT molecular complexity index is 417. The third-order valence-corrected chi connectivity index (χ3v) is 1.96. The van der Waals surface area contributed by atoms with E-state index in [0.717, 1.165) is 10.9 Å². The Hall–Kier alpha value is -1.48. The van der Waals surface area contributed by atoms with Crippen molar-refractivity contribution >= 4 is 11.0 Å². The van der Waals surface area contributed by atoms with E-state index in [0.29, 0.717) is 12.2 Å². The lowest BCUT2D eigenvalue weighted by molar-refractivity contribution is 0.185. The van der Waals surface area contributed by atoms with Crippen LogP contribution in [-0.2, 0) is 11.3 Å². The molecule has 0 aliphatic rings. The molecule has 13 heavy (non-hydrogen) atoms. The number of ether oxygens (including phenoxy) is 1. The van der Waals surface area contributed by atoms with Crippen molar-refractivity contribution in [2.75, 3.05) is 7.11 Å². The number of aromatic hydroxyl groups is 1. The summed E-state index contributed by atoms with van der Waals surface area (Å²) >= 11 is 0. The van der Waals surface area contributed by atoms with Gasteiger partial charge in [0.2, 0.25) is 0 Å². The molecule has 0 aliphatic carbocycles. The lowest BCUT2D eigenvalue weighted by atomic mass is 10.2. The van der Waals surface area contributed by atoms with E-state index in [1.165, 1.54) is 0 Å². The van der Waals surface area contributed by atoms with E-state index in [4.69, 9.17) is 9.15 Å². The molecule has 3 heteroatoms. The summed E-state index contributed by atoms with van der Waals surface area (Å²) in [5, 5.41) is 10.3. The number of benzene rings is 1. The predicted octanol–water partition coefficient (Wildman–Crippen LogP) is 2.28. The molecule has 68 valence electrons. The highest BCUT2D eigenvalue weighted by molar-refractivity contribution is 5.85. The fourth-order valence-electron chi connectivity index (χ4n) is 1.36. The third kappa shape index (κ3) is 1.27. The van der Waals surface area contributed by atoms with Crippen LogP contribution in [0.25, 0.3) is 11.0 Å². The molecule has 3 nitrogen and oxygen atoms in total. The van der Waals surface area contributed by atoms with E-state index in [9.17, 15) is 5.11 Å². The van der Waals surface area contributed by atoms with Crippen LogP contribution in [0.2, 0.25) is 0 Å². The van der Waals surface area contributed by atoms with Crippen molar-refractivity contribution in [2.45, 2.75) is 6.61 Å². The SMILES string of the molecule is COCc1coc2c(O)cccc12. The summed E-state index contributed by atoms with van der Waals surface area (Å²) in [6, 6.07) is 5.28. The van der Waals surface area contributed by atoms with Crippen LogP contribution in [0.3, 0.4) is 0 Å². The Morgan fingerprint density at radius 1 is 1.46 bits per heavy atom. The highest BCUT2D eigenvalue weighted by atomic mass is 16.5. The molecule has 1 heterocycles. The first-order valence-corrected chi connectivity index (χ1v) is 4.00. The number of hydrogen-bond donors (Lipinski definition) is 1. The van der Waals surface area contributed by atoms with Crippen molar-refractivity contribution in [3.63, 3.8) is 0 Å². The van der Waals surface area contributed by atoms with Gasteiger partial charge < -0.3 is 14.3 Å². The minimum absolute atomic E-state index is 0.167. The number of phenols is 1. The Kier molecular flexibility index (Phi) is 1.94. The molecule has 1 N–H and O–H groups in total. The van der Waals surface area contributed by atoms with Crippen LogP contribution in [0.4, 0.5) is 0 Å². The van der Waals surface area contributed by atoms with E-state index < -0.39 is 0 Å². The van der Waals surface area contributed by atoms with Crippen molar-refractivity contribution in [2.24, 2.45) is 0 Å². The minimum Gasteiger partial charge on any atom is -0.504 e. The van der Waals surface area contributed by atoms with Crippen molar-refractivity contribution in [3.8, 4) is 5.75 Å². The maximum atomic E-state index is 9.42. The first-order valence-electron chi connectivity index (χ1n) is 4.00. The summed E-state index contributed by atoms with van der Waals surface area (Å²) in [6.45, 7) is 0.496. The minimum atomic E-state index is 0.167. The molecule has 0 unspecified atom stereocenters. The monoisotopic (exact) mass is 178 g/mol.